The number of hydrogen-bond acceptors (Lipinski definition) is 3. The Labute approximate surface area is 114 Å². The largest absolute Gasteiger partial charge is 0.380 e. The SMILES string of the molecule is CCOCC(C)NC(=O)C(C#N)Cc1ccccc1. The Morgan fingerprint density at radius 2 is 2.11 bits per heavy atom. The van der Waals surface area contributed by atoms with Gasteiger partial charge in [0, 0.05) is 12.6 Å². The molecule has 2 atom stereocenters. The summed E-state index contributed by atoms with van der Waals surface area (Å²) in [4.78, 5) is 12.0. The van der Waals surface area contributed by atoms with Crippen LogP contribution in [0.2, 0.25) is 0 Å². The first-order valence-electron chi connectivity index (χ1n) is 6.49. The molecule has 4 nitrogen and oxygen atoms in total. The van der Waals surface area contributed by atoms with Gasteiger partial charge in [-0.05, 0) is 25.8 Å². The summed E-state index contributed by atoms with van der Waals surface area (Å²) in [5.74, 6) is -0.898. The summed E-state index contributed by atoms with van der Waals surface area (Å²) in [6.45, 7) is 4.85. The Balaban J connectivity index is 2.51. The molecule has 1 aromatic carbocycles. The van der Waals surface area contributed by atoms with Crippen molar-refractivity contribution in [2.45, 2.75) is 26.3 Å². The minimum Gasteiger partial charge on any atom is -0.380 e. The average molecular weight is 260 g/mol. The van der Waals surface area contributed by atoms with Crippen LogP contribution in [0.1, 0.15) is 19.4 Å². The van der Waals surface area contributed by atoms with Crippen molar-refractivity contribution in [3.8, 4) is 6.07 Å². The Morgan fingerprint density at radius 3 is 2.68 bits per heavy atom. The van der Waals surface area contributed by atoms with Crippen molar-refractivity contribution in [3.63, 3.8) is 0 Å². The number of rotatable bonds is 7. The van der Waals surface area contributed by atoms with Gasteiger partial charge in [-0.15, -0.1) is 0 Å². The van der Waals surface area contributed by atoms with Gasteiger partial charge in [-0.3, -0.25) is 4.79 Å². The fourth-order valence-electron chi connectivity index (χ4n) is 1.73. The fourth-order valence-corrected chi connectivity index (χ4v) is 1.73. The maximum atomic E-state index is 12.0. The fraction of sp³-hybridized carbons (Fsp3) is 0.467. The molecule has 2 unspecified atom stereocenters. The van der Waals surface area contributed by atoms with Crippen LogP contribution in [-0.2, 0) is 16.0 Å². The molecule has 0 aromatic heterocycles. The molecule has 1 N–H and O–H groups in total. The first kappa shape index (κ1) is 15.2. The molecular formula is C15H20N2O2. The molecule has 4 heteroatoms. The van der Waals surface area contributed by atoms with Crippen LogP contribution in [0.25, 0.3) is 0 Å². The zero-order valence-electron chi connectivity index (χ0n) is 11.4. The maximum Gasteiger partial charge on any atom is 0.237 e. The zero-order chi connectivity index (χ0) is 14.1. The van der Waals surface area contributed by atoms with Crippen LogP contribution in [-0.4, -0.2) is 25.2 Å². The summed E-state index contributed by atoms with van der Waals surface area (Å²) < 4.78 is 5.23. The molecule has 1 aromatic rings. The molecule has 0 radical (unpaired) electrons. The van der Waals surface area contributed by atoms with Crippen LogP contribution >= 0.6 is 0 Å². The molecule has 0 saturated carbocycles. The number of carbonyl (C=O) groups is 1. The summed E-state index contributed by atoms with van der Waals surface area (Å²) in [5, 5.41) is 11.9. The molecule has 1 amide bonds. The summed E-state index contributed by atoms with van der Waals surface area (Å²) in [7, 11) is 0. The number of benzene rings is 1. The van der Waals surface area contributed by atoms with Crippen LogP contribution < -0.4 is 5.32 Å². The number of nitrogens with one attached hydrogen (secondary N) is 1. The Hall–Kier alpha value is -1.86. The molecule has 0 aliphatic heterocycles. The maximum absolute atomic E-state index is 12.0. The van der Waals surface area contributed by atoms with Crippen LogP contribution in [0.4, 0.5) is 0 Å². The first-order valence-corrected chi connectivity index (χ1v) is 6.49. The van der Waals surface area contributed by atoms with Gasteiger partial charge in [0.05, 0.1) is 12.7 Å². The lowest BCUT2D eigenvalue weighted by atomic mass is 9.99. The Kier molecular flexibility index (Phi) is 6.62. The Morgan fingerprint density at radius 1 is 1.42 bits per heavy atom. The summed E-state index contributed by atoms with van der Waals surface area (Å²) in [6.07, 6.45) is 0.435. The smallest absolute Gasteiger partial charge is 0.237 e. The third-order valence-electron chi connectivity index (χ3n) is 2.72. The number of hydrogen-bond donors (Lipinski definition) is 1. The number of ether oxygens (including phenoxy) is 1. The van der Waals surface area contributed by atoms with Gasteiger partial charge in [0.1, 0.15) is 5.92 Å². The minimum atomic E-state index is -0.661. The van der Waals surface area contributed by atoms with E-state index >= 15 is 0 Å². The van der Waals surface area contributed by atoms with Gasteiger partial charge in [-0.2, -0.15) is 5.26 Å². The van der Waals surface area contributed by atoms with Gasteiger partial charge in [-0.1, -0.05) is 30.3 Å². The van der Waals surface area contributed by atoms with Crippen LogP contribution in [0.15, 0.2) is 30.3 Å². The zero-order valence-corrected chi connectivity index (χ0v) is 11.4. The second kappa shape index (κ2) is 8.28. The molecule has 0 spiro atoms. The number of carbonyl (C=O) groups excluding carboxylic acids is 1. The van der Waals surface area contributed by atoms with Gasteiger partial charge in [0.25, 0.3) is 0 Å². The van der Waals surface area contributed by atoms with E-state index in [1.807, 2.05) is 44.2 Å². The monoisotopic (exact) mass is 260 g/mol. The Bertz CT molecular complexity index is 426. The van der Waals surface area contributed by atoms with Gasteiger partial charge >= 0.3 is 0 Å². The van der Waals surface area contributed by atoms with Gasteiger partial charge in [0.2, 0.25) is 5.91 Å². The van der Waals surface area contributed by atoms with Crippen molar-refractivity contribution in [1.29, 1.82) is 5.26 Å². The highest BCUT2D eigenvalue weighted by atomic mass is 16.5. The molecule has 0 aliphatic carbocycles. The highest BCUT2D eigenvalue weighted by molar-refractivity contribution is 5.81. The topological polar surface area (TPSA) is 62.1 Å². The normalized spacial score (nSPS) is 13.3. The number of nitrogens with zero attached hydrogens (tertiary/aromatic N) is 1. The molecule has 0 bridgehead atoms. The van der Waals surface area contributed by atoms with E-state index in [-0.39, 0.29) is 11.9 Å². The van der Waals surface area contributed by atoms with E-state index in [4.69, 9.17) is 10.00 Å². The number of amides is 1. The van der Waals surface area contributed by atoms with E-state index in [2.05, 4.69) is 11.4 Å². The van der Waals surface area contributed by atoms with Crippen molar-refractivity contribution < 1.29 is 9.53 Å². The van der Waals surface area contributed by atoms with Crippen molar-refractivity contribution in [2.75, 3.05) is 13.2 Å². The van der Waals surface area contributed by atoms with E-state index in [0.717, 1.165) is 5.56 Å². The van der Waals surface area contributed by atoms with E-state index < -0.39 is 5.92 Å². The van der Waals surface area contributed by atoms with E-state index in [1.54, 1.807) is 0 Å². The molecular weight excluding hydrogens is 240 g/mol. The lowest BCUT2D eigenvalue weighted by Crippen LogP contribution is -2.40. The van der Waals surface area contributed by atoms with Crippen LogP contribution in [0.3, 0.4) is 0 Å². The van der Waals surface area contributed by atoms with E-state index in [9.17, 15) is 4.79 Å². The number of nitriles is 1. The summed E-state index contributed by atoms with van der Waals surface area (Å²) >= 11 is 0. The molecule has 1 rings (SSSR count). The highest BCUT2D eigenvalue weighted by Gasteiger charge is 2.19. The molecule has 19 heavy (non-hydrogen) atoms. The highest BCUT2D eigenvalue weighted by Crippen LogP contribution is 2.08. The van der Waals surface area contributed by atoms with Crippen molar-refractivity contribution in [3.05, 3.63) is 35.9 Å². The second-order valence-electron chi connectivity index (χ2n) is 4.44. The molecule has 0 saturated heterocycles. The van der Waals surface area contributed by atoms with E-state index in [1.165, 1.54) is 0 Å². The molecule has 0 aliphatic rings. The lowest BCUT2D eigenvalue weighted by Gasteiger charge is -2.16. The summed E-state index contributed by atoms with van der Waals surface area (Å²) in [5.41, 5.74) is 0.988. The van der Waals surface area contributed by atoms with Crippen LogP contribution in [0.5, 0.6) is 0 Å². The average Bonchev–Trinajstić information content (AvgIpc) is 2.43. The third-order valence-corrected chi connectivity index (χ3v) is 2.72. The van der Waals surface area contributed by atoms with Gasteiger partial charge < -0.3 is 10.1 Å². The van der Waals surface area contributed by atoms with E-state index in [0.29, 0.717) is 19.6 Å². The standard InChI is InChI=1S/C15H20N2O2/c1-3-19-11-12(2)17-15(18)14(10-16)9-13-7-5-4-6-8-13/h4-8,12,14H,3,9,11H2,1-2H3,(H,17,18). The predicted molar refractivity (Wildman–Crippen MR) is 73.3 cm³/mol. The first-order chi connectivity index (χ1) is 9.17. The predicted octanol–water partition coefficient (Wildman–Crippen LogP) is 1.91. The van der Waals surface area contributed by atoms with Gasteiger partial charge in [-0.25, -0.2) is 0 Å². The minimum absolute atomic E-state index is 0.0842. The quantitative estimate of drug-likeness (QED) is 0.814. The van der Waals surface area contributed by atoms with Crippen molar-refractivity contribution in [1.82, 2.24) is 5.32 Å². The van der Waals surface area contributed by atoms with Crippen molar-refractivity contribution in [2.24, 2.45) is 5.92 Å². The molecule has 0 fully saturated rings. The summed E-state index contributed by atoms with van der Waals surface area (Å²) in [6, 6.07) is 11.5. The van der Waals surface area contributed by atoms with Gasteiger partial charge in [0.15, 0.2) is 0 Å². The molecule has 102 valence electrons. The van der Waals surface area contributed by atoms with Crippen molar-refractivity contribution >= 4 is 5.91 Å². The third kappa shape index (κ3) is 5.54. The molecule has 0 heterocycles. The second-order valence-corrected chi connectivity index (χ2v) is 4.44. The lowest BCUT2D eigenvalue weighted by molar-refractivity contribution is -0.124. The van der Waals surface area contributed by atoms with Crippen LogP contribution in [0, 0.1) is 17.2 Å².